The number of nitrogens with one attached hydrogen (secondary N) is 3. The summed E-state index contributed by atoms with van der Waals surface area (Å²) < 4.78 is 0. The number of amides is 4. The van der Waals surface area contributed by atoms with Gasteiger partial charge in [-0.3, -0.25) is 19.2 Å². The van der Waals surface area contributed by atoms with Crippen LogP contribution in [0.15, 0.2) is 0 Å². The standard InChI is InChI=1S/C16H16Cl4N4O4/c17-10-8-9(11(18)13(20)12(10)19)16(28)24-6(2-3-7(21)25)14(26)22-4-1-5-23-15(8)27/h6H,1-5H2,(H2,21,25)(H,22,26)(H,23,27)(H,24,28)/t6-/m0/s1. The zero-order valence-electron chi connectivity index (χ0n) is 14.3. The number of hydrogen-bond donors (Lipinski definition) is 4. The number of primary amides is 1. The van der Waals surface area contributed by atoms with E-state index >= 15 is 0 Å². The summed E-state index contributed by atoms with van der Waals surface area (Å²) in [4.78, 5) is 48.9. The minimum absolute atomic E-state index is 0.0406. The Labute approximate surface area is 180 Å². The Morgan fingerprint density at radius 2 is 1.43 bits per heavy atom. The number of halogens is 4. The summed E-state index contributed by atoms with van der Waals surface area (Å²) in [6.45, 7) is 0.436. The van der Waals surface area contributed by atoms with E-state index in [-0.39, 0.29) is 57.1 Å². The van der Waals surface area contributed by atoms with Gasteiger partial charge in [0.05, 0.1) is 31.2 Å². The summed E-state index contributed by atoms with van der Waals surface area (Å²) in [6.07, 6.45) is 0.235. The molecule has 4 amide bonds. The van der Waals surface area contributed by atoms with Gasteiger partial charge in [0.25, 0.3) is 11.8 Å². The van der Waals surface area contributed by atoms with E-state index in [1.165, 1.54) is 0 Å². The molecule has 0 saturated carbocycles. The molecule has 1 aromatic rings. The minimum Gasteiger partial charge on any atom is -0.370 e. The largest absolute Gasteiger partial charge is 0.370 e. The molecule has 1 aliphatic rings. The molecule has 1 aliphatic heterocycles. The van der Waals surface area contributed by atoms with Crippen LogP contribution >= 0.6 is 46.4 Å². The van der Waals surface area contributed by atoms with E-state index in [0.717, 1.165) is 0 Å². The summed E-state index contributed by atoms with van der Waals surface area (Å²) in [7, 11) is 0. The highest BCUT2D eigenvalue weighted by molar-refractivity contribution is 6.54. The van der Waals surface area contributed by atoms with Crippen LogP contribution in [0.5, 0.6) is 0 Å². The van der Waals surface area contributed by atoms with E-state index < -0.39 is 29.7 Å². The molecule has 8 nitrogen and oxygen atoms in total. The van der Waals surface area contributed by atoms with Gasteiger partial charge in [0, 0.05) is 19.5 Å². The molecule has 0 aromatic heterocycles. The highest BCUT2D eigenvalue weighted by atomic mass is 35.5. The minimum atomic E-state index is -1.08. The molecule has 0 radical (unpaired) electrons. The van der Waals surface area contributed by atoms with Crippen LogP contribution in [-0.4, -0.2) is 42.8 Å². The molecule has 5 N–H and O–H groups in total. The predicted octanol–water partition coefficient (Wildman–Crippen LogP) is 1.91. The first-order chi connectivity index (χ1) is 13.1. The Morgan fingerprint density at radius 1 is 0.893 bits per heavy atom. The van der Waals surface area contributed by atoms with Gasteiger partial charge in [0.2, 0.25) is 11.8 Å². The molecule has 0 bridgehead atoms. The van der Waals surface area contributed by atoms with Crippen molar-refractivity contribution >= 4 is 70.0 Å². The van der Waals surface area contributed by atoms with Crippen LogP contribution in [0.3, 0.4) is 0 Å². The van der Waals surface area contributed by atoms with Gasteiger partial charge in [-0.25, -0.2) is 0 Å². The molecular weight excluding hydrogens is 454 g/mol. The van der Waals surface area contributed by atoms with Crippen LogP contribution < -0.4 is 21.7 Å². The Balaban J connectivity index is 2.55. The van der Waals surface area contributed by atoms with E-state index in [0.29, 0.717) is 6.42 Å². The van der Waals surface area contributed by atoms with Crippen molar-refractivity contribution in [1.82, 2.24) is 16.0 Å². The van der Waals surface area contributed by atoms with E-state index in [1.54, 1.807) is 0 Å². The van der Waals surface area contributed by atoms with E-state index in [2.05, 4.69) is 16.0 Å². The van der Waals surface area contributed by atoms with Crippen LogP contribution in [0.25, 0.3) is 0 Å². The number of fused-ring (bicyclic) bond motifs is 1. The topological polar surface area (TPSA) is 130 Å². The zero-order valence-corrected chi connectivity index (χ0v) is 17.4. The van der Waals surface area contributed by atoms with Gasteiger partial charge in [-0.05, 0) is 12.8 Å². The third-order valence-corrected chi connectivity index (χ3v) is 5.76. The molecule has 1 atom stereocenters. The Kier molecular flexibility index (Phi) is 7.77. The Bertz CT molecular complexity index is 847. The van der Waals surface area contributed by atoms with Crippen LogP contribution in [0.1, 0.15) is 40.0 Å². The van der Waals surface area contributed by atoms with Crippen LogP contribution in [0.2, 0.25) is 20.1 Å². The highest BCUT2D eigenvalue weighted by Gasteiger charge is 2.31. The fraction of sp³-hybridized carbons (Fsp3) is 0.375. The maximum Gasteiger partial charge on any atom is 0.254 e. The molecule has 28 heavy (non-hydrogen) atoms. The van der Waals surface area contributed by atoms with Gasteiger partial charge in [-0.15, -0.1) is 0 Å². The molecule has 1 heterocycles. The van der Waals surface area contributed by atoms with Gasteiger partial charge >= 0.3 is 0 Å². The average Bonchev–Trinajstić information content (AvgIpc) is 2.64. The second-order valence-electron chi connectivity index (χ2n) is 5.94. The number of rotatable bonds is 3. The third kappa shape index (κ3) is 5.00. The molecule has 152 valence electrons. The molecular formula is C16H16Cl4N4O4. The first-order valence-corrected chi connectivity index (χ1v) is 9.67. The molecule has 0 aliphatic carbocycles. The summed E-state index contributed by atoms with van der Waals surface area (Å²) in [5.74, 6) is -2.69. The van der Waals surface area contributed by atoms with Gasteiger partial charge < -0.3 is 21.7 Å². The lowest BCUT2D eigenvalue weighted by molar-refractivity contribution is -0.123. The molecule has 0 fully saturated rings. The molecule has 1 aromatic carbocycles. The number of carbonyl (C=O) groups excluding carboxylic acids is 4. The smallest absolute Gasteiger partial charge is 0.254 e. The average molecular weight is 470 g/mol. The lowest BCUT2D eigenvalue weighted by Crippen LogP contribution is -2.48. The van der Waals surface area contributed by atoms with Crippen molar-refractivity contribution in [2.45, 2.75) is 25.3 Å². The second kappa shape index (κ2) is 9.65. The number of benzene rings is 1. The SMILES string of the molecule is NC(=O)CC[C@@H]1NC(=O)c2c(Cl)c(Cl)c(Cl)c(Cl)c2C(=O)NCCCNC1=O. The highest BCUT2D eigenvalue weighted by Crippen LogP contribution is 2.41. The van der Waals surface area contributed by atoms with Crippen molar-refractivity contribution in [2.75, 3.05) is 13.1 Å². The Morgan fingerprint density at radius 3 is 2.00 bits per heavy atom. The lowest BCUT2D eigenvalue weighted by Gasteiger charge is -2.22. The van der Waals surface area contributed by atoms with Crippen molar-refractivity contribution in [2.24, 2.45) is 5.73 Å². The van der Waals surface area contributed by atoms with Gasteiger partial charge in [0.15, 0.2) is 0 Å². The maximum atomic E-state index is 12.9. The lowest BCUT2D eigenvalue weighted by atomic mass is 10.0. The molecule has 0 spiro atoms. The summed E-state index contributed by atoms with van der Waals surface area (Å²) in [5, 5.41) is 6.73. The summed E-state index contributed by atoms with van der Waals surface area (Å²) in [5.41, 5.74) is 4.55. The van der Waals surface area contributed by atoms with Crippen molar-refractivity contribution in [3.63, 3.8) is 0 Å². The predicted molar refractivity (Wildman–Crippen MR) is 106 cm³/mol. The number of carbonyl (C=O) groups is 4. The zero-order chi connectivity index (χ0) is 21.0. The van der Waals surface area contributed by atoms with E-state index in [4.69, 9.17) is 52.1 Å². The Hall–Kier alpha value is -1.74. The summed E-state index contributed by atoms with van der Waals surface area (Å²) >= 11 is 24.4. The van der Waals surface area contributed by atoms with Crippen molar-refractivity contribution in [3.8, 4) is 0 Å². The van der Waals surface area contributed by atoms with Gasteiger partial charge in [-0.2, -0.15) is 0 Å². The number of nitrogens with two attached hydrogens (primary N) is 1. The molecule has 12 heteroatoms. The summed E-state index contributed by atoms with van der Waals surface area (Å²) in [6, 6.07) is -1.08. The number of hydrogen-bond acceptors (Lipinski definition) is 4. The van der Waals surface area contributed by atoms with Crippen molar-refractivity contribution in [1.29, 1.82) is 0 Å². The fourth-order valence-corrected chi connectivity index (χ4v) is 3.58. The second-order valence-corrected chi connectivity index (χ2v) is 7.45. The van der Waals surface area contributed by atoms with Crippen LogP contribution in [0, 0.1) is 0 Å². The first-order valence-electron chi connectivity index (χ1n) is 8.16. The molecule has 2 rings (SSSR count). The first kappa shape index (κ1) is 22.5. The van der Waals surface area contributed by atoms with Crippen molar-refractivity contribution < 1.29 is 19.2 Å². The molecule has 0 unspecified atom stereocenters. The third-order valence-electron chi connectivity index (χ3n) is 3.96. The van der Waals surface area contributed by atoms with E-state index in [9.17, 15) is 19.2 Å². The molecule has 0 saturated heterocycles. The maximum absolute atomic E-state index is 12.9. The van der Waals surface area contributed by atoms with Gasteiger partial charge in [0.1, 0.15) is 6.04 Å². The van der Waals surface area contributed by atoms with Gasteiger partial charge in [-0.1, -0.05) is 46.4 Å². The van der Waals surface area contributed by atoms with E-state index in [1.807, 2.05) is 0 Å². The van der Waals surface area contributed by atoms with Crippen LogP contribution in [-0.2, 0) is 9.59 Å². The fourth-order valence-electron chi connectivity index (χ4n) is 2.56. The normalized spacial score (nSPS) is 18.1. The van der Waals surface area contributed by atoms with Crippen LogP contribution in [0.4, 0.5) is 0 Å². The van der Waals surface area contributed by atoms with Crippen molar-refractivity contribution in [3.05, 3.63) is 31.2 Å². The quantitative estimate of drug-likeness (QED) is 0.397. The monoisotopic (exact) mass is 468 g/mol.